The Morgan fingerprint density at radius 2 is 1.82 bits per heavy atom. The Bertz CT molecular complexity index is 1440. The van der Waals surface area contributed by atoms with Crippen LogP contribution in [0.25, 0.3) is 6.08 Å². The number of aryl methyl sites for hydroxylation is 2. The summed E-state index contributed by atoms with van der Waals surface area (Å²) in [5, 5.41) is 3.66. The van der Waals surface area contributed by atoms with Crippen molar-refractivity contribution in [3.05, 3.63) is 86.2 Å². The average molecular weight is 588 g/mol. The first-order valence-corrected chi connectivity index (χ1v) is 13.6. The molecule has 0 aromatic heterocycles. The van der Waals surface area contributed by atoms with Crippen molar-refractivity contribution in [2.24, 2.45) is 0 Å². The van der Waals surface area contributed by atoms with Crippen molar-refractivity contribution < 1.29 is 19.1 Å². The average Bonchev–Trinajstić information content (AvgIpc) is 3.13. The van der Waals surface area contributed by atoms with Crippen LogP contribution >= 0.6 is 47.2 Å². The normalized spacial score (nSPS) is 14.2. The molecule has 0 aliphatic carbocycles. The van der Waals surface area contributed by atoms with Crippen LogP contribution in [0, 0.1) is 13.8 Å². The van der Waals surface area contributed by atoms with E-state index in [1.54, 1.807) is 42.5 Å². The molecule has 3 aromatic rings. The summed E-state index contributed by atoms with van der Waals surface area (Å²) in [6, 6.07) is 16.0. The standard InChI is InChI=1S/C28H24Cl2N2O4S2/c1-4-35-23-13-18(14-24-27(34)32(28(37)38-24)20-8-6-19(29)7-9-20)12-21(30)26(23)36-15-25(33)31-22-10-5-16(2)11-17(22)3/h5-14H,4,15H2,1-3H3,(H,31,33)/b24-14-. The lowest BCUT2D eigenvalue weighted by Gasteiger charge is -2.15. The van der Waals surface area contributed by atoms with Crippen LogP contribution in [0.4, 0.5) is 11.4 Å². The Balaban J connectivity index is 1.52. The number of nitrogens with zero attached hydrogens (tertiary/aromatic N) is 1. The van der Waals surface area contributed by atoms with Crippen molar-refractivity contribution in [2.45, 2.75) is 20.8 Å². The highest BCUT2D eigenvalue weighted by atomic mass is 35.5. The van der Waals surface area contributed by atoms with Crippen LogP contribution in [0.2, 0.25) is 10.0 Å². The fourth-order valence-corrected chi connectivity index (χ4v) is 5.48. The molecule has 196 valence electrons. The van der Waals surface area contributed by atoms with Gasteiger partial charge >= 0.3 is 0 Å². The largest absolute Gasteiger partial charge is 0.490 e. The van der Waals surface area contributed by atoms with Gasteiger partial charge in [0.25, 0.3) is 11.8 Å². The lowest BCUT2D eigenvalue weighted by atomic mass is 10.1. The Morgan fingerprint density at radius 3 is 2.50 bits per heavy atom. The third kappa shape index (κ3) is 6.50. The molecule has 10 heteroatoms. The van der Waals surface area contributed by atoms with E-state index in [1.165, 1.54) is 16.7 Å². The molecule has 0 unspecified atom stereocenters. The van der Waals surface area contributed by atoms with Gasteiger partial charge in [0.05, 0.1) is 22.2 Å². The van der Waals surface area contributed by atoms with Gasteiger partial charge in [-0.05, 0) is 80.4 Å². The van der Waals surface area contributed by atoms with E-state index in [0.717, 1.165) is 11.1 Å². The van der Waals surface area contributed by atoms with Crippen molar-refractivity contribution >= 4 is 80.8 Å². The lowest BCUT2D eigenvalue weighted by molar-refractivity contribution is -0.118. The number of carbonyl (C=O) groups excluding carboxylic acids is 2. The molecule has 1 N–H and O–H groups in total. The van der Waals surface area contributed by atoms with Crippen LogP contribution in [0.5, 0.6) is 11.5 Å². The first kappa shape index (κ1) is 28.0. The summed E-state index contributed by atoms with van der Waals surface area (Å²) in [7, 11) is 0. The van der Waals surface area contributed by atoms with E-state index in [9.17, 15) is 9.59 Å². The van der Waals surface area contributed by atoms with Crippen molar-refractivity contribution in [1.29, 1.82) is 0 Å². The number of thioether (sulfide) groups is 1. The smallest absolute Gasteiger partial charge is 0.270 e. The van der Waals surface area contributed by atoms with Gasteiger partial charge in [0.1, 0.15) is 0 Å². The number of rotatable bonds is 8. The zero-order valence-corrected chi connectivity index (χ0v) is 24.0. The topological polar surface area (TPSA) is 67.9 Å². The number of hydrogen-bond acceptors (Lipinski definition) is 6. The monoisotopic (exact) mass is 586 g/mol. The number of nitrogens with one attached hydrogen (secondary N) is 1. The number of ether oxygens (including phenoxy) is 2. The summed E-state index contributed by atoms with van der Waals surface area (Å²) in [4.78, 5) is 27.6. The second kappa shape index (κ2) is 12.2. The highest BCUT2D eigenvalue weighted by Crippen LogP contribution is 2.40. The minimum Gasteiger partial charge on any atom is -0.490 e. The molecule has 0 radical (unpaired) electrons. The number of carbonyl (C=O) groups is 2. The molecule has 6 nitrogen and oxygen atoms in total. The van der Waals surface area contributed by atoms with Crippen LogP contribution in [0.1, 0.15) is 23.6 Å². The van der Waals surface area contributed by atoms with Crippen LogP contribution < -0.4 is 19.7 Å². The van der Waals surface area contributed by atoms with E-state index >= 15 is 0 Å². The summed E-state index contributed by atoms with van der Waals surface area (Å²) in [5.74, 6) is 0.0270. The number of thiocarbonyl (C=S) groups is 1. The molecule has 4 rings (SSSR count). The first-order valence-electron chi connectivity index (χ1n) is 11.7. The number of amides is 2. The fraction of sp³-hybridized carbons (Fsp3) is 0.179. The number of benzene rings is 3. The van der Waals surface area contributed by atoms with Gasteiger partial charge in [0.15, 0.2) is 22.4 Å². The Kier molecular flexibility index (Phi) is 8.99. The molecule has 1 aliphatic heterocycles. The quantitative estimate of drug-likeness (QED) is 0.218. The number of hydrogen-bond donors (Lipinski definition) is 1. The van der Waals surface area contributed by atoms with Crippen molar-refractivity contribution in [3.8, 4) is 11.5 Å². The molecule has 1 heterocycles. The van der Waals surface area contributed by atoms with Gasteiger partial charge in [-0.1, -0.05) is 64.9 Å². The van der Waals surface area contributed by atoms with Gasteiger partial charge in [0.2, 0.25) is 0 Å². The molecule has 38 heavy (non-hydrogen) atoms. The summed E-state index contributed by atoms with van der Waals surface area (Å²) >= 11 is 19.1. The maximum atomic E-state index is 13.1. The van der Waals surface area contributed by atoms with E-state index in [0.29, 0.717) is 43.5 Å². The van der Waals surface area contributed by atoms with E-state index in [2.05, 4.69) is 5.32 Å². The molecule has 0 saturated carbocycles. The maximum absolute atomic E-state index is 13.1. The van der Waals surface area contributed by atoms with E-state index in [-0.39, 0.29) is 29.2 Å². The molecule has 0 atom stereocenters. The molecule has 1 aliphatic rings. The number of halogens is 2. The van der Waals surface area contributed by atoms with E-state index in [4.69, 9.17) is 44.9 Å². The molecule has 2 amide bonds. The molecular weight excluding hydrogens is 563 g/mol. The maximum Gasteiger partial charge on any atom is 0.270 e. The third-order valence-electron chi connectivity index (χ3n) is 5.51. The van der Waals surface area contributed by atoms with Crippen molar-refractivity contribution in [1.82, 2.24) is 0 Å². The molecule has 3 aromatic carbocycles. The predicted octanol–water partition coefficient (Wildman–Crippen LogP) is 7.43. The van der Waals surface area contributed by atoms with Crippen LogP contribution in [-0.4, -0.2) is 29.3 Å². The number of anilines is 2. The predicted molar refractivity (Wildman–Crippen MR) is 160 cm³/mol. The van der Waals surface area contributed by atoms with Gasteiger partial charge in [-0.15, -0.1) is 0 Å². The van der Waals surface area contributed by atoms with Gasteiger partial charge < -0.3 is 14.8 Å². The first-order chi connectivity index (χ1) is 18.2. The Hall–Kier alpha value is -3.04. The van der Waals surface area contributed by atoms with E-state index in [1.807, 2.05) is 39.0 Å². The van der Waals surface area contributed by atoms with Crippen LogP contribution in [0.3, 0.4) is 0 Å². The van der Waals surface area contributed by atoms with Gasteiger partial charge in [-0.3, -0.25) is 14.5 Å². The highest BCUT2D eigenvalue weighted by molar-refractivity contribution is 8.27. The Labute approximate surface area is 240 Å². The second-order valence-corrected chi connectivity index (χ2v) is 10.9. The molecular formula is C28H24Cl2N2O4S2. The van der Waals surface area contributed by atoms with E-state index < -0.39 is 0 Å². The molecule has 0 spiro atoms. The SMILES string of the molecule is CCOc1cc(/C=C2\SC(=S)N(c3ccc(Cl)cc3)C2=O)cc(Cl)c1OCC(=O)Nc1ccc(C)cc1C. The van der Waals surface area contributed by atoms with Crippen molar-refractivity contribution in [3.63, 3.8) is 0 Å². The minimum absolute atomic E-state index is 0.245. The molecule has 0 bridgehead atoms. The summed E-state index contributed by atoms with van der Waals surface area (Å²) < 4.78 is 11.9. The molecule has 1 saturated heterocycles. The van der Waals surface area contributed by atoms with Gasteiger partial charge in [-0.25, -0.2) is 0 Å². The lowest BCUT2D eigenvalue weighted by Crippen LogP contribution is -2.27. The fourth-order valence-electron chi connectivity index (χ4n) is 3.78. The van der Waals surface area contributed by atoms with Gasteiger partial charge in [-0.2, -0.15) is 0 Å². The van der Waals surface area contributed by atoms with Gasteiger partial charge in [0, 0.05) is 10.7 Å². The summed E-state index contributed by atoms with van der Waals surface area (Å²) in [6.45, 7) is 5.84. The van der Waals surface area contributed by atoms with Crippen LogP contribution in [-0.2, 0) is 9.59 Å². The summed E-state index contributed by atoms with van der Waals surface area (Å²) in [6.07, 6.45) is 1.69. The third-order valence-corrected chi connectivity index (χ3v) is 7.35. The Morgan fingerprint density at radius 1 is 1.08 bits per heavy atom. The molecule has 1 fully saturated rings. The zero-order chi connectivity index (χ0) is 27.4. The van der Waals surface area contributed by atoms with Crippen molar-refractivity contribution in [2.75, 3.05) is 23.4 Å². The summed E-state index contributed by atoms with van der Waals surface area (Å²) in [5.41, 5.74) is 4.04. The highest BCUT2D eigenvalue weighted by Gasteiger charge is 2.33. The van der Waals surface area contributed by atoms with Crippen LogP contribution in [0.15, 0.2) is 59.5 Å². The minimum atomic E-state index is -0.328. The second-order valence-electron chi connectivity index (χ2n) is 8.41. The zero-order valence-electron chi connectivity index (χ0n) is 20.8.